The molecule has 1 fully saturated rings. The molecule has 0 aromatic heterocycles. The molecule has 1 aliphatic rings. The van der Waals surface area contributed by atoms with Gasteiger partial charge in [0.15, 0.2) is 0 Å². The summed E-state index contributed by atoms with van der Waals surface area (Å²) in [5, 5.41) is 12.3. The summed E-state index contributed by atoms with van der Waals surface area (Å²) in [6, 6.07) is 0.952. The average molecular weight is 214 g/mol. The molecule has 0 amide bonds. The third kappa shape index (κ3) is 4.49. The highest BCUT2D eigenvalue weighted by atomic mass is 16.3. The van der Waals surface area contributed by atoms with Gasteiger partial charge in [-0.2, -0.15) is 0 Å². The van der Waals surface area contributed by atoms with E-state index in [4.69, 9.17) is 5.11 Å². The third-order valence-electron chi connectivity index (χ3n) is 3.59. The van der Waals surface area contributed by atoms with Crippen LogP contribution in [0.25, 0.3) is 0 Å². The van der Waals surface area contributed by atoms with Crippen LogP contribution in [-0.4, -0.2) is 49.3 Å². The number of rotatable bonds is 5. The monoisotopic (exact) mass is 214 g/mol. The molecule has 0 bridgehead atoms. The molecule has 2 N–H and O–H groups in total. The quantitative estimate of drug-likeness (QED) is 0.676. The predicted octanol–water partition coefficient (Wildman–Crippen LogP) is 1.22. The van der Waals surface area contributed by atoms with Gasteiger partial charge in [-0.1, -0.05) is 25.7 Å². The second-order valence-corrected chi connectivity index (χ2v) is 4.75. The normalized spacial score (nSPS) is 21.6. The summed E-state index contributed by atoms with van der Waals surface area (Å²) in [7, 11) is 4.11. The van der Waals surface area contributed by atoms with Gasteiger partial charge < -0.3 is 15.3 Å². The molecular formula is C12H26N2O. The zero-order valence-corrected chi connectivity index (χ0v) is 10.2. The lowest BCUT2D eigenvalue weighted by atomic mass is 10.1. The highest BCUT2D eigenvalue weighted by molar-refractivity contribution is 4.76. The van der Waals surface area contributed by atoms with E-state index in [1.807, 2.05) is 7.05 Å². The first-order valence-corrected chi connectivity index (χ1v) is 6.26. The molecule has 3 heteroatoms. The maximum Gasteiger partial charge on any atom is 0.0597 e. The highest BCUT2D eigenvalue weighted by Crippen LogP contribution is 2.20. The fraction of sp³-hybridized carbons (Fsp3) is 1.00. The Morgan fingerprint density at radius 1 is 1.27 bits per heavy atom. The molecule has 0 heterocycles. The number of nitrogens with zero attached hydrogens (tertiary/aromatic N) is 1. The Morgan fingerprint density at radius 3 is 2.33 bits per heavy atom. The highest BCUT2D eigenvalue weighted by Gasteiger charge is 2.18. The van der Waals surface area contributed by atoms with E-state index >= 15 is 0 Å². The third-order valence-corrected chi connectivity index (χ3v) is 3.59. The van der Waals surface area contributed by atoms with Crippen LogP contribution in [0.2, 0.25) is 0 Å². The van der Waals surface area contributed by atoms with Crippen LogP contribution in [0.1, 0.15) is 38.5 Å². The van der Waals surface area contributed by atoms with E-state index in [0.29, 0.717) is 0 Å². The minimum atomic E-state index is 0.221. The smallest absolute Gasteiger partial charge is 0.0597 e. The number of hydrogen-bond acceptors (Lipinski definition) is 3. The molecular weight excluding hydrogens is 188 g/mol. The van der Waals surface area contributed by atoms with Gasteiger partial charge in [0.05, 0.1) is 6.61 Å². The largest absolute Gasteiger partial charge is 0.395 e. The summed E-state index contributed by atoms with van der Waals surface area (Å²) in [5.74, 6) is 0. The minimum absolute atomic E-state index is 0.221. The van der Waals surface area contributed by atoms with E-state index in [2.05, 4.69) is 17.3 Å². The van der Waals surface area contributed by atoms with Crippen LogP contribution in [-0.2, 0) is 0 Å². The number of nitrogens with one attached hydrogen (secondary N) is 1. The van der Waals surface area contributed by atoms with E-state index in [0.717, 1.165) is 12.6 Å². The van der Waals surface area contributed by atoms with Crippen LogP contribution in [0.4, 0.5) is 0 Å². The topological polar surface area (TPSA) is 35.5 Å². The van der Waals surface area contributed by atoms with Crippen molar-refractivity contribution in [1.29, 1.82) is 0 Å². The summed E-state index contributed by atoms with van der Waals surface area (Å²) in [6.07, 6.45) is 8.22. The molecule has 3 nitrogen and oxygen atoms in total. The van der Waals surface area contributed by atoms with E-state index in [9.17, 15) is 0 Å². The van der Waals surface area contributed by atoms with E-state index < -0.39 is 0 Å². The van der Waals surface area contributed by atoms with Gasteiger partial charge in [0.2, 0.25) is 0 Å². The van der Waals surface area contributed by atoms with Gasteiger partial charge >= 0.3 is 0 Å². The molecule has 1 aliphatic carbocycles. The molecule has 0 saturated heterocycles. The Kier molecular flexibility index (Phi) is 6.22. The molecule has 0 aliphatic heterocycles. The van der Waals surface area contributed by atoms with Crippen molar-refractivity contribution in [1.82, 2.24) is 10.2 Å². The summed E-state index contributed by atoms with van der Waals surface area (Å²) in [6.45, 7) is 1.19. The van der Waals surface area contributed by atoms with E-state index in [-0.39, 0.29) is 12.6 Å². The first kappa shape index (κ1) is 12.9. The summed E-state index contributed by atoms with van der Waals surface area (Å²) >= 11 is 0. The number of aliphatic hydroxyl groups excluding tert-OH is 1. The van der Waals surface area contributed by atoms with Crippen LogP contribution in [0.5, 0.6) is 0 Å². The van der Waals surface area contributed by atoms with Gasteiger partial charge in [-0.25, -0.2) is 0 Å². The van der Waals surface area contributed by atoms with E-state index in [1.165, 1.54) is 38.5 Å². The summed E-state index contributed by atoms with van der Waals surface area (Å²) < 4.78 is 0. The van der Waals surface area contributed by atoms with Gasteiger partial charge in [-0.15, -0.1) is 0 Å². The Morgan fingerprint density at radius 2 is 1.87 bits per heavy atom. The predicted molar refractivity (Wildman–Crippen MR) is 64.1 cm³/mol. The van der Waals surface area contributed by atoms with Crippen molar-refractivity contribution in [3.8, 4) is 0 Å². The van der Waals surface area contributed by atoms with Crippen molar-refractivity contribution >= 4 is 0 Å². The van der Waals surface area contributed by atoms with Crippen molar-refractivity contribution < 1.29 is 5.11 Å². The summed E-state index contributed by atoms with van der Waals surface area (Å²) in [4.78, 5) is 2.42. The number of aliphatic hydroxyl groups is 1. The van der Waals surface area contributed by atoms with Crippen LogP contribution in [0.3, 0.4) is 0 Å². The zero-order chi connectivity index (χ0) is 11.1. The van der Waals surface area contributed by atoms with Gasteiger partial charge in [0.25, 0.3) is 0 Å². The van der Waals surface area contributed by atoms with Crippen molar-refractivity contribution in [3.05, 3.63) is 0 Å². The van der Waals surface area contributed by atoms with Crippen LogP contribution in [0, 0.1) is 0 Å². The van der Waals surface area contributed by atoms with Crippen molar-refractivity contribution in [3.63, 3.8) is 0 Å². The molecule has 90 valence electrons. The van der Waals surface area contributed by atoms with Crippen LogP contribution >= 0.6 is 0 Å². The van der Waals surface area contributed by atoms with Crippen LogP contribution in [0.15, 0.2) is 0 Å². The van der Waals surface area contributed by atoms with Crippen LogP contribution < -0.4 is 5.32 Å². The first-order valence-electron chi connectivity index (χ1n) is 6.26. The number of likely N-dealkylation sites (N-methyl/N-ethyl adjacent to an activating group) is 2. The molecule has 1 rings (SSSR count). The number of hydrogen-bond donors (Lipinski definition) is 2. The van der Waals surface area contributed by atoms with Gasteiger partial charge in [0.1, 0.15) is 0 Å². The molecule has 15 heavy (non-hydrogen) atoms. The maximum absolute atomic E-state index is 9.14. The molecule has 0 aromatic rings. The zero-order valence-electron chi connectivity index (χ0n) is 10.2. The fourth-order valence-electron chi connectivity index (χ4n) is 2.44. The van der Waals surface area contributed by atoms with Gasteiger partial charge in [0, 0.05) is 18.6 Å². The Balaban J connectivity index is 2.33. The lowest BCUT2D eigenvalue weighted by Crippen LogP contribution is -2.44. The molecule has 1 saturated carbocycles. The maximum atomic E-state index is 9.14. The minimum Gasteiger partial charge on any atom is -0.395 e. The van der Waals surface area contributed by atoms with Crippen molar-refractivity contribution in [2.45, 2.75) is 50.6 Å². The second kappa shape index (κ2) is 7.20. The lowest BCUT2D eigenvalue weighted by molar-refractivity contribution is 0.163. The van der Waals surface area contributed by atoms with Gasteiger partial charge in [-0.3, -0.25) is 0 Å². The standard InChI is InChI=1S/C12H26N2O/c1-13-11(10-15)9-14(2)12-7-5-3-4-6-8-12/h11-13,15H,3-10H2,1-2H3. The molecule has 0 aromatic carbocycles. The fourth-order valence-corrected chi connectivity index (χ4v) is 2.44. The van der Waals surface area contributed by atoms with Crippen molar-refractivity contribution in [2.24, 2.45) is 0 Å². The SMILES string of the molecule is CNC(CO)CN(C)C1CCCCCC1. The Bertz CT molecular complexity index is 152. The molecule has 0 spiro atoms. The average Bonchev–Trinajstić information content (AvgIpc) is 2.54. The molecule has 0 radical (unpaired) electrons. The Hall–Kier alpha value is -0.120. The second-order valence-electron chi connectivity index (χ2n) is 4.75. The summed E-state index contributed by atoms with van der Waals surface area (Å²) in [5.41, 5.74) is 0. The lowest BCUT2D eigenvalue weighted by Gasteiger charge is -2.30. The van der Waals surface area contributed by atoms with E-state index in [1.54, 1.807) is 0 Å². The van der Waals surface area contributed by atoms with Gasteiger partial charge in [-0.05, 0) is 26.9 Å². The Labute approximate surface area is 93.9 Å². The molecule has 1 atom stereocenters. The van der Waals surface area contributed by atoms with Crippen molar-refractivity contribution in [2.75, 3.05) is 27.2 Å². The molecule has 1 unspecified atom stereocenters. The first-order chi connectivity index (χ1) is 7.27.